The molecule has 0 spiro atoms. The van der Waals surface area contributed by atoms with E-state index < -0.39 is 11.8 Å². The van der Waals surface area contributed by atoms with Crippen molar-refractivity contribution < 1.29 is 9.32 Å². The quantitative estimate of drug-likeness (QED) is 0.493. The van der Waals surface area contributed by atoms with E-state index in [0.717, 1.165) is 0 Å². The van der Waals surface area contributed by atoms with Gasteiger partial charge in [0.1, 0.15) is 0 Å². The van der Waals surface area contributed by atoms with Gasteiger partial charge in [0.2, 0.25) is 0 Å². The number of carbonyl (C=O) groups excluding carboxylic acids is 1. The number of urea groups is 1. The zero-order valence-electron chi connectivity index (χ0n) is 5.67. The number of rotatable bonds is 1. The van der Waals surface area contributed by atoms with Crippen LogP contribution in [0.3, 0.4) is 0 Å². The monoisotopic (exact) mass is 158 g/mol. The Labute approximate surface area is 60.8 Å². The highest BCUT2D eigenvalue weighted by atomic mass is 16.5. The van der Waals surface area contributed by atoms with Crippen LogP contribution in [0, 0.1) is 0 Å². The second-order valence-electron chi connectivity index (χ2n) is 1.65. The Bertz CT molecular complexity index is 300. The van der Waals surface area contributed by atoms with Gasteiger partial charge in [-0.05, 0) is 5.16 Å². The van der Waals surface area contributed by atoms with Crippen LogP contribution in [0.15, 0.2) is 9.32 Å². The molecule has 1 aromatic heterocycles. The molecule has 0 aliphatic rings. The summed E-state index contributed by atoms with van der Waals surface area (Å²) in [5, 5.41) is 7.66. The van der Waals surface area contributed by atoms with Crippen molar-refractivity contribution in [1.29, 1.82) is 0 Å². The van der Waals surface area contributed by atoms with E-state index in [1.165, 1.54) is 7.05 Å². The molecule has 7 heteroatoms. The maximum absolute atomic E-state index is 10.6. The summed E-state index contributed by atoms with van der Waals surface area (Å²) in [5.41, 5.74) is 0. The number of nitrogens with zero attached hydrogens (tertiary/aromatic N) is 1. The molecular weight excluding hydrogens is 152 g/mol. The predicted molar refractivity (Wildman–Crippen MR) is 35.2 cm³/mol. The molecule has 60 valence electrons. The fourth-order valence-corrected chi connectivity index (χ4v) is 0.454. The number of hydrogen-bond donors (Lipinski definition) is 3. The first kappa shape index (κ1) is 7.32. The Morgan fingerprint density at radius 1 is 1.73 bits per heavy atom. The van der Waals surface area contributed by atoms with Crippen molar-refractivity contribution in [1.82, 2.24) is 15.5 Å². The molecule has 0 saturated carbocycles. The maximum atomic E-state index is 10.6. The Kier molecular flexibility index (Phi) is 1.90. The van der Waals surface area contributed by atoms with Crippen molar-refractivity contribution in [3.63, 3.8) is 0 Å². The molecular formula is C4H6N4O3. The van der Waals surface area contributed by atoms with Crippen molar-refractivity contribution >= 4 is 12.0 Å². The summed E-state index contributed by atoms with van der Waals surface area (Å²) in [6, 6.07) is -0.477. The summed E-state index contributed by atoms with van der Waals surface area (Å²) in [5.74, 6) is -0.731. The topological polar surface area (TPSA) is 100 Å². The van der Waals surface area contributed by atoms with Gasteiger partial charge >= 0.3 is 11.8 Å². The molecule has 0 aliphatic carbocycles. The molecule has 7 nitrogen and oxygen atoms in total. The third kappa shape index (κ3) is 1.81. The van der Waals surface area contributed by atoms with Gasteiger partial charge in [0.15, 0.2) is 0 Å². The van der Waals surface area contributed by atoms with E-state index in [1.807, 2.05) is 0 Å². The zero-order valence-corrected chi connectivity index (χ0v) is 5.67. The van der Waals surface area contributed by atoms with Crippen molar-refractivity contribution in [3.05, 3.63) is 10.6 Å². The summed E-state index contributed by atoms with van der Waals surface area (Å²) in [6.45, 7) is 0. The molecule has 3 N–H and O–H groups in total. The smallest absolute Gasteiger partial charge is 0.341 e. The summed E-state index contributed by atoms with van der Waals surface area (Å²) in [6.07, 6.45) is 0. The number of H-pyrrole nitrogens is 1. The van der Waals surface area contributed by atoms with Gasteiger partial charge in [-0.2, -0.15) is 0 Å². The van der Waals surface area contributed by atoms with Crippen LogP contribution in [0.25, 0.3) is 0 Å². The van der Waals surface area contributed by atoms with Gasteiger partial charge < -0.3 is 5.32 Å². The first-order valence-electron chi connectivity index (χ1n) is 2.77. The number of hydrogen-bond acceptors (Lipinski definition) is 4. The highest BCUT2D eigenvalue weighted by molar-refractivity contribution is 5.86. The molecule has 0 fully saturated rings. The van der Waals surface area contributed by atoms with E-state index >= 15 is 0 Å². The summed E-state index contributed by atoms with van der Waals surface area (Å²) >= 11 is 0. The first-order chi connectivity index (χ1) is 5.22. The van der Waals surface area contributed by atoms with Crippen molar-refractivity contribution in [2.45, 2.75) is 0 Å². The largest absolute Gasteiger partial charge is 0.440 e. The molecule has 2 amide bonds. The third-order valence-corrected chi connectivity index (χ3v) is 0.899. The predicted octanol–water partition coefficient (Wildman–Crippen LogP) is -0.886. The average molecular weight is 158 g/mol. The molecule has 0 aliphatic heterocycles. The fourth-order valence-electron chi connectivity index (χ4n) is 0.454. The Morgan fingerprint density at radius 2 is 2.45 bits per heavy atom. The van der Waals surface area contributed by atoms with Gasteiger partial charge in [-0.15, -0.1) is 0 Å². The number of carbonyl (C=O) groups is 1. The second-order valence-corrected chi connectivity index (χ2v) is 1.65. The number of nitrogens with one attached hydrogen (secondary N) is 3. The van der Waals surface area contributed by atoms with E-state index in [0.29, 0.717) is 0 Å². The number of anilines is 1. The second kappa shape index (κ2) is 2.86. The van der Waals surface area contributed by atoms with Gasteiger partial charge in [0, 0.05) is 7.05 Å². The van der Waals surface area contributed by atoms with Gasteiger partial charge in [0.05, 0.1) is 0 Å². The molecule has 1 aromatic rings. The Morgan fingerprint density at radius 3 is 2.91 bits per heavy atom. The van der Waals surface area contributed by atoms with Crippen LogP contribution in [-0.4, -0.2) is 23.2 Å². The van der Waals surface area contributed by atoms with Crippen LogP contribution in [0.2, 0.25) is 0 Å². The number of amides is 2. The molecule has 1 heterocycles. The van der Waals surface area contributed by atoms with E-state index in [1.54, 1.807) is 0 Å². The first-order valence-corrected chi connectivity index (χ1v) is 2.77. The standard InChI is InChI=1S/C4H6N4O3/c1-5-3(9)6-2-7-4(10)11-8-2/h1H3,(H3,5,6,7,8,9,10). The third-order valence-electron chi connectivity index (χ3n) is 0.899. The minimum absolute atomic E-state index is 0.0191. The van der Waals surface area contributed by atoms with Crippen molar-refractivity contribution in [3.8, 4) is 0 Å². The molecule has 1 rings (SSSR count). The Hall–Kier alpha value is -1.79. The molecule has 0 aromatic carbocycles. The molecule has 0 saturated heterocycles. The Balaban J connectivity index is 2.65. The van der Waals surface area contributed by atoms with Crippen LogP contribution in [-0.2, 0) is 0 Å². The van der Waals surface area contributed by atoms with Crippen LogP contribution >= 0.6 is 0 Å². The highest BCUT2D eigenvalue weighted by Gasteiger charge is 2.02. The lowest BCUT2D eigenvalue weighted by atomic mass is 10.9. The minimum atomic E-state index is -0.712. The van der Waals surface area contributed by atoms with E-state index in [4.69, 9.17) is 0 Å². The molecule has 0 unspecified atom stereocenters. The van der Waals surface area contributed by atoms with Crippen molar-refractivity contribution in [2.24, 2.45) is 0 Å². The van der Waals surface area contributed by atoms with Gasteiger partial charge in [0.25, 0.3) is 5.95 Å². The van der Waals surface area contributed by atoms with Gasteiger partial charge in [-0.3, -0.25) is 14.8 Å². The van der Waals surface area contributed by atoms with Crippen molar-refractivity contribution in [2.75, 3.05) is 12.4 Å². The highest BCUT2D eigenvalue weighted by Crippen LogP contribution is 1.88. The van der Waals surface area contributed by atoms with Crippen LogP contribution in [0.5, 0.6) is 0 Å². The van der Waals surface area contributed by atoms with Gasteiger partial charge in [-0.25, -0.2) is 9.59 Å². The summed E-state index contributed by atoms with van der Waals surface area (Å²) in [7, 11) is 1.44. The summed E-state index contributed by atoms with van der Waals surface area (Å²) < 4.78 is 4.11. The molecule has 0 atom stereocenters. The van der Waals surface area contributed by atoms with E-state index in [2.05, 4.69) is 25.3 Å². The molecule has 0 bridgehead atoms. The SMILES string of the molecule is CNC(=O)Nc1noc(=O)[nH]1. The number of aromatic nitrogens is 2. The van der Waals surface area contributed by atoms with Crippen LogP contribution in [0.4, 0.5) is 10.7 Å². The zero-order chi connectivity index (χ0) is 8.27. The fraction of sp³-hybridized carbons (Fsp3) is 0.250. The van der Waals surface area contributed by atoms with Crippen LogP contribution < -0.4 is 16.4 Å². The normalized spacial score (nSPS) is 9.18. The number of aromatic amines is 1. The average Bonchev–Trinajstić information content (AvgIpc) is 2.35. The minimum Gasteiger partial charge on any atom is -0.341 e. The van der Waals surface area contributed by atoms with Gasteiger partial charge in [-0.1, -0.05) is 0 Å². The summed E-state index contributed by atoms with van der Waals surface area (Å²) in [4.78, 5) is 23.0. The lowest BCUT2D eigenvalue weighted by Gasteiger charge is -1.95. The van der Waals surface area contributed by atoms with Crippen LogP contribution in [0.1, 0.15) is 0 Å². The lowest BCUT2D eigenvalue weighted by molar-refractivity contribution is 0.253. The van der Waals surface area contributed by atoms with E-state index in [-0.39, 0.29) is 5.95 Å². The molecule has 0 radical (unpaired) electrons. The molecule has 11 heavy (non-hydrogen) atoms. The maximum Gasteiger partial charge on any atom is 0.440 e. The van der Waals surface area contributed by atoms with E-state index in [9.17, 15) is 9.59 Å². The lowest BCUT2D eigenvalue weighted by Crippen LogP contribution is -2.25.